The van der Waals surface area contributed by atoms with Crippen molar-refractivity contribution in [3.05, 3.63) is 53.2 Å². The first-order valence-electron chi connectivity index (χ1n) is 9.34. The molecule has 0 bridgehead atoms. The third kappa shape index (κ3) is 5.12. The van der Waals surface area contributed by atoms with E-state index in [1.807, 2.05) is 12.1 Å². The lowest BCUT2D eigenvalue weighted by Gasteiger charge is -2.18. The molecular weight excluding hydrogens is 446 g/mol. The summed E-state index contributed by atoms with van der Waals surface area (Å²) in [6, 6.07) is 10.4. The molecule has 0 spiro atoms. The molecule has 1 amide bonds. The van der Waals surface area contributed by atoms with Gasteiger partial charge in [-0.15, -0.1) is 10.2 Å². The fraction of sp³-hybridized carbons (Fsp3) is 0.316. The number of hydrogen-bond donors (Lipinski definition) is 1. The van der Waals surface area contributed by atoms with E-state index in [9.17, 15) is 13.2 Å². The number of thioether (sulfide) groups is 1. The zero-order valence-corrected chi connectivity index (χ0v) is 19.0. The SMILES string of the molecule is CCN(CC)S(=O)(=O)c1ccc2nnc(SCC(=O)NCc3ccc(Cl)cc3)n2c1. The Morgan fingerprint density at radius 2 is 1.83 bits per heavy atom. The predicted octanol–water partition coefficient (Wildman–Crippen LogP) is 2.82. The second-order valence-electron chi connectivity index (χ2n) is 6.36. The van der Waals surface area contributed by atoms with Crippen LogP contribution in [0.5, 0.6) is 0 Å². The van der Waals surface area contributed by atoms with Crippen molar-refractivity contribution < 1.29 is 13.2 Å². The van der Waals surface area contributed by atoms with E-state index in [-0.39, 0.29) is 16.6 Å². The number of aromatic nitrogens is 3. The van der Waals surface area contributed by atoms with Crippen molar-refractivity contribution >= 4 is 44.9 Å². The topological polar surface area (TPSA) is 96.7 Å². The van der Waals surface area contributed by atoms with E-state index in [1.165, 1.54) is 28.3 Å². The summed E-state index contributed by atoms with van der Waals surface area (Å²) in [5, 5.41) is 12.0. The molecule has 160 valence electrons. The molecule has 1 N–H and O–H groups in total. The Kier molecular flexibility index (Phi) is 7.35. The van der Waals surface area contributed by atoms with Gasteiger partial charge in [-0.1, -0.05) is 49.3 Å². The maximum Gasteiger partial charge on any atom is 0.244 e. The van der Waals surface area contributed by atoms with Crippen molar-refractivity contribution in [3.63, 3.8) is 0 Å². The van der Waals surface area contributed by atoms with Crippen LogP contribution in [0.3, 0.4) is 0 Å². The molecule has 8 nitrogen and oxygen atoms in total. The van der Waals surface area contributed by atoms with E-state index in [0.717, 1.165) is 5.56 Å². The van der Waals surface area contributed by atoms with Crippen LogP contribution in [0.1, 0.15) is 19.4 Å². The molecule has 3 rings (SSSR count). The molecule has 0 saturated carbocycles. The molecule has 0 aliphatic carbocycles. The van der Waals surface area contributed by atoms with Crippen LogP contribution in [-0.4, -0.2) is 52.1 Å². The number of benzene rings is 1. The largest absolute Gasteiger partial charge is 0.351 e. The quantitative estimate of drug-likeness (QED) is 0.486. The smallest absolute Gasteiger partial charge is 0.244 e. The van der Waals surface area contributed by atoms with E-state index in [4.69, 9.17) is 11.6 Å². The normalized spacial score (nSPS) is 11.9. The van der Waals surface area contributed by atoms with Crippen molar-refractivity contribution in [3.8, 4) is 0 Å². The molecule has 0 aliphatic rings. The zero-order valence-electron chi connectivity index (χ0n) is 16.6. The highest BCUT2D eigenvalue weighted by Crippen LogP contribution is 2.21. The van der Waals surface area contributed by atoms with Crippen molar-refractivity contribution in [1.29, 1.82) is 0 Å². The summed E-state index contributed by atoms with van der Waals surface area (Å²) < 4.78 is 28.5. The summed E-state index contributed by atoms with van der Waals surface area (Å²) >= 11 is 7.04. The fourth-order valence-electron chi connectivity index (χ4n) is 2.80. The summed E-state index contributed by atoms with van der Waals surface area (Å²) in [7, 11) is -3.60. The van der Waals surface area contributed by atoms with E-state index < -0.39 is 10.0 Å². The highest BCUT2D eigenvalue weighted by molar-refractivity contribution is 7.99. The van der Waals surface area contributed by atoms with Crippen LogP contribution >= 0.6 is 23.4 Å². The van der Waals surface area contributed by atoms with Gasteiger partial charge in [-0.2, -0.15) is 4.31 Å². The van der Waals surface area contributed by atoms with Gasteiger partial charge in [0.25, 0.3) is 0 Å². The van der Waals surface area contributed by atoms with Crippen molar-refractivity contribution in [2.45, 2.75) is 30.4 Å². The Balaban J connectivity index is 1.69. The average Bonchev–Trinajstić information content (AvgIpc) is 3.15. The van der Waals surface area contributed by atoms with Crippen LogP contribution in [0.15, 0.2) is 52.6 Å². The van der Waals surface area contributed by atoms with Crippen LogP contribution in [0.25, 0.3) is 5.65 Å². The first-order valence-corrected chi connectivity index (χ1v) is 12.1. The van der Waals surface area contributed by atoms with E-state index in [0.29, 0.717) is 35.5 Å². The fourth-order valence-corrected chi connectivity index (χ4v) is 5.13. The number of pyridine rings is 1. The number of hydrogen-bond acceptors (Lipinski definition) is 6. The van der Waals surface area contributed by atoms with Gasteiger partial charge in [0.15, 0.2) is 10.8 Å². The molecule has 11 heteroatoms. The molecule has 2 heterocycles. The van der Waals surface area contributed by atoms with Crippen LogP contribution in [-0.2, 0) is 21.4 Å². The maximum absolute atomic E-state index is 12.8. The van der Waals surface area contributed by atoms with Crippen molar-refractivity contribution in [1.82, 2.24) is 24.2 Å². The van der Waals surface area contributed by atoms with Crippen LogP contribution < -0.4 is 5.32 Å². The van der Waals surface area contributed by atoms with E-state index in [1.54, 1.807) is 36.4 Å². The molecule has 0 fully saturated rings. The first-order chi connectivity index (χ1) is 14.3. The lowest BCUT2D eigenvalue weighted by Crippen LogP contribution is -2.30. The van der Waals surface area contributed by atoms with Gasteiger partial charge in [-0.05, 0) is 29.8 Å². The summed E-state index contributed by atoms with van der Waals surface area (Å²) in [6.45, 7) is 4.75. The minimum absolute atomic E-state index is 0.126. The van der Waals surface area contributed by atoms with Gasteiger partial charge in [0.2, 0.25) is 15.9 Å². The number of nitrogens with one attached hydrogen (secondary N) is 1. The third-order valence-electron chi connectivity index (χ3n) is 4.42. The van der Waals surface area contributed by atoms with Crippen LogP contribution in [0.2, 0.25) is 5.02 Å². The number of halogens is 1. The second-order valence-corrected chi connectivity index (χ2v) is 9.67. The number of rotatable bonds is 9. The standard InChI is InChI=1S/C19H22ClN5O3S2/c1-3-24(4-2)30(27,28)16-9-10-17-22-23-19(25(17)12-16)29-13-18(26)21-11-14-5-7-15(20)8-6-14/h5-10,12H,3-4,11,13H2,1-2H3,(H,21,26). The average molecular weight is 468 g/mol. The predicted molar refractivity (Wildman–Crippen MR) is 117 cm³/mol. The van der Waals surface area contributed by atoms with Gasteiger partial charge in [-0.3, -0.25) is 9.20 Å². The van der Waals surface area contributed by atoms with Crippen LogP contribution in [0, 0.1) is 0 Å². The summed E-state index contributed by atoms with van der Waals surface area (Å²) in [6.07, 6.45) is 1.50. The number of fused-ring (bicyclic) bond motifs is 1. The molecule has 0 saturated heterocycles. The molecular formula is C19H22ClN5O3S2. The number of carbonyl (C=O) groups is 1. The minimum Gasteiger partial charge on any atom is -0.351 e. The number of nitrogens with zero attached hydrogens (tertiary/aromatic N) is 4. The minimum atomic E-state index is -3.60. The van der Waals surface area contributed by atoms with Gasteiger partial charge >= 0.3 is 0 Å². The first kappa shape index (κ1) is 22.5. The molecule has 2 aromatic heterocycles. The van der Waals surface area contributed by atoms with E-state index >= 15 is 0 Å². The summed E-state index contributed by atoms with van der Waals surface area (Å²) in [5.74, 6) is -0.0416. The Morgan fingerprint density at radius 3 is 2.50 bits per heavy atom. The zero-order chi connectivity index (χ0) is 21.7. The lowest BCUT2D eigenvalue weighted by atomic mass is 10.2. The van der Waals surface area contributed by atoms with Gasteiger partial charge < -0.3 is 5.32 Å². The van der Waals surface area contributed by atoms with Crippen LogP contribution in [0.4, 0.5) is 0 Å². The monoisotopic (exact) mass is 467 g/mol. The van der Waals surface area contributed by atoms with Gasteiger partial charge in [-0.25, -0.2) is 8.42 Å². The van der Waals surface area contributed by atoms with Gasteiger partial charge in [0.1, 0.15) is 0 Å². The van der Waals surface area contributed by atoms with Crippen molar-refractivity contribution in [2.75, 3.05) is 18.8 Å². The Hall–Kier alpha value is -2.14. The Morgan fingerprint density at radius 1 is 1.13 bits per heavy atom. The number of sulfonamides is 1. The third-order valence-corrected chi connectivity index (χ3v) is 7.65. The highest BCUT2D eigenvalue weighted by Gasteiger charge is 2.23. The lowest BCUT2D eigenvalue weighted by molar-refractivity contribution is -0.118. The number of carbonyl (C=O) groups excluding carboxylic acids is 1. The van der Waals surface area contributed by atoms with Crippen molar-refractivity contribution in [2.24, 2.45) is 0 Å². The maximum atomic E-state index is 12.8. The molecule has 3 aromatic rings. The molecule has 0 radical (unpaired) electrons. The van der Waals surface area contributed by atoms with E-state index in [2.05, 4.69) is 15.5 Å². The second kappa shape index (κ2) is 9.78. The Labute approximate surface area is 184 Å². The molecule has 1 aromatic carbocycles. The molecule has 0 unspecified atom stereocenters. The molecule has 0 atom stereocenters. The summed E-state index contributed by atoms with van der Waals surface area (Å²) in [4.78, 5) is 12.3. The number of amides is 1. The van der Waals surface area contributed by atoms with Gasteiger partial charge in [0.05, 0.1) is 10.6 Å². The van der Waals surface area contributed by atoms with Gasteiger partial charge in [0, 0.05) is 30.9 Å². The summed E-state index contributed by atoms with van der Waals surface area (Å²) in [5.41, 5.74) is 1.45. The highest BCUT2D eigenvalue weighted by atomic mass is 35.5. The Bertz CT molecular complexity index is 1130. The molecule has 30 heavy (non-hydrogen) atoms. The molecule has 0 aliphatic heterocycles.